The van der Waals surface area contributed by atoms with E-state index in [0.29, 0.717) is 6.07 Å². The Bertz CT molecular complexity index is 660. The van der Waals surface area contributed by atoms with Crippen molar-refractivity contribution < 1.29 is 17.2 Å². The smallest absolute Gasteiger partial charge is 0.263 e. The minimum absolute atomic E-state index is 0.0567. The lowest BCUT2D eigenvalue weighted by Crippen LogP contribution is -2.15. The van der Waals surface area contributed by atoms with Crippen LogP contribution in [0.2, 0.25) is 0 Å². The molecule has 0 radical (unpaired) electrons. The molecular weight excluding hydrogens is 262 g/mol. The van der Waals surface area contributed by atoms with Gasteiger partial charge in [-0.2, -0.15) is 0 Å². The Kier molecular flexibility index (Phi) is 3.24. The second kappa shape index (κ2) is 4.69. The molecule has 0 atom stereocenters. The average molecular weight is 270 g/mol. The number of aromatic nitrogens is 1. The summed E-state index contributed by atoms with van der Waals surface area (Å²) in [5.74, 6) is -1.94. The molecule has 0 saturated heterocycles. The van der Waals surface area contributed by atoms with Gasteiger partial charge in [0.05, 0.1) is 0 Å². The number of hydrogen-bond acceptors (Lipinski definition) is 3. The SMILES string of the molecule is O=S(=O)(Nc1ccccn1)c1ccc(F)cc1F. The number of hydrogen-bond donors (Lipinski definition) is 1. The first kappa shape index (κ1) is 12.4. The van der Waals surface area contributed by atoms with Crippen LogP contribution in [0.3, 0.4) is 0 Å². The van der Waals surface area contributed by atoms with Gasteiger partial charge in [0.25, 0.3) is 10.0 Å². The van der Waals surface area contributed by atoms with Crippen LogP contribution >= 0.6 is 0 Å². The molecule has 7 heteroatoms. The first-order chi connectivity index (χ1) is 8.49. The molecule has 1 aromatic heterocycles. The van der Waals surface area contributed by atoms with E-state index in [1.807, 2.05) is 0 Å². The molecule has 0 saturated carbocycles. The van der Waals surface area contributed by atoms with E-state index in [1.54, 1.807) is 12.1 Å². The summed E-state index contributed by atoms with van der Waals surface area (Å²) in [7, 11) is -4.11. The minimum atomic E-state index is -4.11. The Hall–Kier alpha value is -2.02. The van der Waals surface area contributed by atoms with E-state index < -0.39 is 26.6 Å². The van der Waals surface area contributed by atoms with Crippen molar-refractivity contribution in [3.05, 3.63) is 54.2 Å². The third-order valence-corrected chi connectivity index (χ3v) is 3.48. The van der Waals surface area contributed by atoms with Crippen molar-refractivity contribution in [3.63, 3.8) is 0 Å². The monoisotopic (exact) mass is 270 g/mol. The first-order valence-electron chi connectivity index (χ1n) is 4.88. The molecular formula is C11H8F2N2O2S. The number of nitrogens with one attached hydrogen (secondary N) is 1. The van der Waals surface area contributed by atoms with Crippen molar-refractivity contribution in [1.82, 2.24) is 4.98 Å². The van der Waals surface area contributed by atoms with E-state index in [9.17, 15) is 17.2 Å². The van der Waals surface area contributed by atoms with E-state index in [1.165, 1.54) is 12.3 Å². The van der Waals surface area contributed by atoms with Crippen LogP contribution in [0.25, 0.3) is 0 Å². The highest BCUT2D eigenvalue weighted by atomic mass is 32.2. The Morgan fingerprint density at radius 1 is 1.11 bits per heavy atom. The lowest BCUT2D eigenvalue weighted by atomic mass is 10.3. The number of pyridine rings is 1. The highest BCUT2D eigenvalue weighted by Crippen LogP contribution is 2.18. The van der Waals surface area contributed by atoms with Gasteiger partial charge in [-0.25, -0.2) is 22.2 Å². The van der Waals surface area contributed by atoms with Crippen molar-refractivity contribution >= 4 is 15.8 Å². The number of sulfonamides is 1. The molecule has 1 N–H and O–H groups in total. The molecule has 0 bridgehead atoms. The van der Waals surface area contributed by atoms with Crippen LogP contribution in [0.5, 0.6) is 0 Å². The number of halogens is 2. The summed E-state index contributed by atoms with van der Waals surface area (Å²) in [5, 5.41) is 0. The summed E-state index contributed by atoms with van der Waals surface area (Å²) < 4.78 is 51.8. The molecule has 2 rings (SSSR count). The zero-order valence-electron chi connectivity index (χ0n) is 8.97. The van der Waals surface area contributed by atoms with Crippen LogP contribution in [-0.4, -0.2) is 13.4 Å². The van der Waals surface area contributed by atoms with E-state index in [4.69, 9.17) is 0 Å². The van der Waals surface area contributed by atoms with Crippen molar-refractivity contribution in [3.8, 4) is 0 Å². The molecule has 0 amide bonds. The highest BCUT2D eigenvalue weighted by molar-refractivity contribution is 7.92. The molecule has 94 valence electrons. The first-order valence-corrected chi connectivity index (χ1v) is 6.36. The lowest BCUT2D eigenvalue weighted by Gasteiger charge is -2.07. The van der Waals surface area contributed by atoms with Gasteiger partial charge in [0.2, 0.25) is 0 Å². The zero-order valence-corrected chi connectivity index (χ0v) is 9.79. The second-order valence-electron chi connectivity index (χ2n) is 3.40. The topological polar surface area (TPSA) is 59.1 Å². The third kappa shape index (κ3) is 2.62. The molecule has 18 heavy (non-hydrogen) atoms. The summed E-state index contributed by atoms with van der Waals surface area (Å²) >= 11 is 0. The molecule has 2 aromatic rings. The van der Waals surface area contributed by atoms with Gasteiger partial charge < -0.3 is 0 Å². The highest BCUT2D eigenvalue weighted by Gasteiger charge is 2.19. The van der Waals surface area contributed by atoms with Crippen LogP contribution in [0.4, 0.5) is 14.6 Å². The van der Waals surface area contributed by atoms with E-state index in [-0.39, 0.29) is 5.82 Å². The molecule has 0 unspecified atom stereocenters. The fourth-order valence-electron chi connectivity index (χ4n) is 1.31. The Labute approximate surface area is 102 Å². The Balaban J connectivity index is 2.37. The maximum absolute atomic E-state index is 13.4. The summed E-state index contributed by atoms with van der Waals surface area (Å²) in [6, 6.07) is 6.83. The summed E-state index contributed by atoms with van der Waals surface area (Å²) in [6.45, 7) is 0. The Morgan fingerprint density at radius 2 is 1.89 bits per heavy atom. The maximum Gasteiger partial charge on any atom is 0.265 e. The van der Waals surface area contributed by atoms with Gasteiger partial charge >= 0.3 is 0 Å². The minimum Gasteiger partial charge on any atom is -0.263 e. The average Bonchev–Trinajstić information content (AvgIpc) is 2.29. The lowest BCUT2D eigenvalue weighted by molar-refractivity contribution is 0.551. The molecule has 0 aliphatic carbocycles. The van der Waals surface area contributed by atoms with Gasteiger partial charge in [-0.1, -0.05) is 6.07 Å². The van der Waals surface area contributed by atoms with Gasteiger partial charge in [-0.15, -0.1) is 0 Å². The van der Waals surface area contributed by atoms with Crippen molar-refractivity contribution in [2.45, 2.75) is 4.90 Å². The predicted molar refractivity (Wildman–Crippen MR) is 61.4 cm³/mol. The number of anilines is 1. The number of nitrogens with zero attached hydrogens (tertiary/aromatic N) is 1. The fourth-order valence-corrected chi connectivity index (χ4v) is 2.38. The largest absolute Gasteiger partial charge is 0.265 e. The summed E-state index contributed by atoms with van der Waals surface area (Å²) in [4.78, 5) is 3.12. The summed E-state index contributed by atoms with van der Waals surface area (Å²) in [6.07, 6.45) is 1.39. The van der Waals surface area contributed by atoms with Crippen LogP contribution in [-0.2, 0) is 10.0 Å². The number of benzene rings is 1. The quantitative estimate of drug-likeness (QED) is 0.929. The summed E-state index contributed by atoms with van der Waals surface area (Å²) in [5.41, 5.74) is 0. The normalized spacial score (nSPS) is 11.2. The van der Waals surface area contributed by atoms with Crippen LogP contribution in [0.1, 0.15) is 0 Å². The third-order valence-electron chi connectivity index (χ3n) is 2.09. The molecule has 0 fully saturated rings. The van der Waals surface area contributed by atoms with Gasteiger partial charge in [-0.3, -0.25) is 4.72 Å². The Morgan fingerprint density at radius 3 is 2.50 bits per heavy atom. The molecule has 0 aliphatic rings. The van der Waals surface area contributed by atoms with Crippen molar-refractivity contribution in [2.24, 2.45) is 0 Å². The molecule has 4 nitrogen and oxygen atoms in total. The zero-order chi connectivity index (χ0) is 13.2. The van der Waals surface area contributed by atoms with Crippen molar-refractivity contribution in [2.75, 3.05) is 4.72 Å². The standard InChI is InChI=1S/C11H8F2N2O2S/c12-8-4-5-10(9(13)7-8)18(16,17)15-11-3-1-2-6-14-11/h1-7H,(H,14,15). The second-order valence-corrected chi connectivity index (χ2v) is 5.05. The van der Waals surface area contributed by atoms with E-state index in [2.05, 4.69) is 9.71 Å². The predicted octanol–water partition coefficient (Wildman–Crippen LogP) is 2.16. The fraction of sp³-hybridized carbons (Fsp3) is 0. The number of rotatable bonds is 3. The van der Waals surface area contributed by atoms with Crippen LogP contribution in [0, 0.1) is 11.6 Å². The van der Waals surface area contributed by atoms with Crippen LogP contribution in [0.15, 0.2) is 47.5 Å². The van der Waals surface area contributed by atoms with Crippen LogP contribution < -0.4 is 4.72 Å². The molecule has 1 aromatic carbocycles. The maximum atomic E-state index is 13.4. The van der Waals surface area contributed by atoms with Gasteiger partial charge in [0.1, 0.15) is 22.3 Å². The molecule has 1 heterocycles. The molecule has 0 spiro atoms. The van der Waals surface area contributed by atoms with Gasteiger partial charge in [0, 0.05) is 12.3 Å². The van der Waals surface area contributed by atoms with Gasteiger partial charge in [-0.05, 0) is 24.3 Å². The molecule has 0 aliphatic heterocycles. The van der Waals surface area contributed by atoms with Crippen molar-refractivity contribution in [1.29, 1.82) is 0 Å². The van der Waals surface area contributed by atoms with Gasteiger partial charge in [0.15, 0.2) is 0 Å². The van der Waals surface area contributed by atoms with E-state index >= 15 is 0 Å². The van der Waals surface area contributed by atoms with E-state index in [0.717, 1.165) is 12.1 Å².